The molecule has 2 aliphatic rings. The average Bonchev–Trinajstić information content (AvgIpc) is 3.72. The van der Waals surface area contributed by atoms with E-state index in [0.29, 0.717) is 17.5 Å². The standard InChI is InChI=1S/C50H32N4/c51-44-25-13-24-42-46(44)38-21-10-12-23-41(38)50(42)40-22-11-9-20-37(40)45-36-19-8-7-18-35(36)39(30-43(45)50)31-26-28-34(29-27-31)49-53-47(32-14-3-1-4-15-32)52-48(54-49)33-16-5-2-6-17-33/h1-30H,51H2. The molecule has 1 atom stereocenters. The Labute approximate surface area is 313 Å². The Kier molecular flexibility index (Phi) is 6.58. The molecule has 0 fully saturated rings. The SMILES string of the molecule is Nc1cccc2c1-c1ccccc1C21c2ccccc2-c2c1cc(-c1ccc(-c3nc(-c4ccccc4)nc(-c4ccccc4)n3)cc1)c1ccccc21. The van der Waals surface area contributed by atoms with Crippen LogP contribution < -0.4 is 5.73 Å². The maximum absolute atomic E-state index is 6.82. The zero-order chi connectivity index (χ0) is 35.8. The van der Waals surface area contributed by atoms with Crippen LogP contribution in [0.3, 0.4) is 0 Å². The van der Waals surface area contributed by atoms with Crippen molar-refractivity contribution in [3.63, 3.8) is 0 Å². The summed E-state index contributed by atoms with van der Waals surface area (Å²) >= 11 is 0. The third kappa shape index (κ3) is 4.28. The van der Waals surface area contributed by atoms with Gasteiger partial charge in [-0.15, -0.1) is 0 Å². The molecule has 9 aromatic rings. The Morgan fingerprint density at radius 3 is 1.41 bits per heavy atom. The lowest BCUT2D eigenvalue weighted by atomic mass is 9.70. The van der Waals surface area contributed by atoms with Gasteiger partial charge in [-0.25, -0.2) is 15.0 Å². The maximum atomic E-state index is 6.82. The van der Waals surface area contributed by atoms with Crippen molar-refractivity contribution in [2.45, 2.75) is 5.41 Å². The van der Waals surface area contributed by atoms with Crippen molar-refractivity contribution in [1.29, 1.82) is 0 Å². The molecule has 0 aliphatic heterocycles. The molecular formula is C50H32N4. The summed E-state index contributed by atoms with van der Waals surface area (Å²) in [5.74, 6) is 1.94. The highest BCUT2D eigenvalue weighted by atomic mass is 15.0. The number of hydrogen-bond acceptors (Lipinski definition) is 4. The van der Waals surface area contributed by atoms with E-state index in [-0.39, 0.29) is 0 Å². The summed E-state index contributed by atoms with van der Waals surface area (Å²) in [7, 11) is 0. The molecule has 252 valence electrons. The first kappa shape index (κ1) is 30.5. The lowest BCUT2D eigenvalue weighted by molar-refractivity contribution is 0.795. The minimum absolute atomic E-state index is 0.501. The van der Waals surface area contributed by atoms with Gasteiger partial charge in [0.25, 0.3) is 0 Å². The monoisotopic (exact) mass is 688 g/mol. The van der Waals surface area contributed by atoms with Crippen LogP contribution in [0.15, 0.2) is 182 Å². The first-order chi connectivity index (χ1) is 26.7. The number of rotatable bonds is 4. The zero-order valence-electron chi connectivity index (χ0n) is 29.2. The lowest BCUT2D eigenvalue weighted by Gasteiger charge is -2.31. The highest BCUT2D eigenvalue weighted by Crippen LogP contribution is 2.65. The number of nitrogens with zero attached hydrogens (tertiary/aromatic N) is 3. The molecule has 0 saturated carbocycles. The van der Waals surface area contributed by atoms with Crippen LogP contribution >= 0.6 is 0 Å². The van der Waals surface area contributed by atoms with Crippen LogP contribution in [0.25, 0.3) is 78.3 Å². The van der Waals surface area contributed by atoms with Crippen molar-refractivity contribution in [1.82, 2.24) is 15.0 Å². The van der Waals surface area contributed by atoms with Crippen molar-refractivity contribution in [2.75, 3.05) is 5.73 Å². The molecule has 1 spiro atoms. The van der Waals surface area contributed by atoms with Crippen LogP contribution in [-0.2, 0) is 5.41 Å². The summed E-state index contributed by atoms with van der Waals surface area (Å²) in [4.78, 5) is 14.9. The second-order valence-corrected chi connectivity index (χ2v) is 14.1. The van der Waals surface area contributed by atoms with Crippen LogP contribution in [0.1, 0.15) is 22.3 Å². The molecule has 1 unspecified atom stereocenters. The topological polar surface area (TPSA) is 64.7 Å². The van der Waals surface area contributed by atoms with E-state index in [9.17, 15) is 0 Å². The molecule has 54 heavy (non-hydrogen) atoms. The van der Waals surface area contributed by atoms with Crippen LogP contribution in [0.4, 0.5) is 5.69 Å². The van der Waals surface area contributed by atoms with Crippen molar-refractivity contribution >= 4 is 16.5 Å². The number of nitrogen functional groups attached to an aromatic ring is 1. The van der Waals surface area contributed by atoms with Gasteiger partial charge in [-0.3, -0.25) is 0 Å². The van der Waals surface area contributed by atoms with Crippen molar-refractivity contribution in [3.8, 4) is 67.5 Å². The van der Waals surface area contributed by atoms with E-state index in [4.69, 9.17) is 20.7 Å². The molecule has 2 N–H and O–H groups in total. The Balaban J connectivity index is 1.12. The molecule has 11 rings (SSSR count). The molecule has 8 aromatic carbocycles. The van der Waals surface area contributed by atoms with Crippen LogP contribution in [-0.4, -0.2) is 15.0 Å². The summed E-state index contributed by atoms with van der Waals surface area (Å²) in [6, 6.07) is 64.4. The van der Waals surface area contributed by atoms with Gasteiger partial charge in [0.15, 0.2) is 17.5 Å². The highest BCUT2D eigenvalue weighted by molar-refractivity contribution is 6.11. The van der Waals surface area contributed by atoms with Crippen molar-refractivity contribution < 1.29 is 0 Å². The van der Waals surface area contributed by atoms with Gasteiger partial charge in [-0.2, -0.15) is 0 Å². The van der Waals surface area contributed by atoms with E-state index in [1.165, 1.54) is 55.3 Å². The van der Waals surface area contributed by atoms with E-state index < -0.39 is 5.41 Å². The number of fused-ring (bicyclic) bond motifs is 12. The summed E-state index contributed by atoms with van der Waals surface area (Å²) in [6.07, 6.45) is 0. The molecule has 1 aromatic heterocycles. The van der Waals surface area contributed by atoms with Gasteiger partial charge < -0.3 is 5.73 Å². The normalized spacial score (nSPS) is 14.8. The molecule has 0 saturated heterocycles. The van der Waals surface area contributed by atoms with Gasteiger partial charge in [-0.1, -0.05) is 170 Å². The van der Waals surface area contributed by atoms with Gasteiger partial charge >= 0.3 is 0 Å². The smallest absolute Gasteiger partial charge is 0.164 e. The molecule has 0 radical (unpaired) electrons. The molecule has 0 bridgehead atoms. The van der Waals surface area contributed by atoms with E-state index >= 15 is 0 Å². The predicted octanol–water partition coefficient (Wildman–Crippen LogP) is 11.6. The van der Waals surface area contributed by atoms with Gasteiger partial charge in [0.1, 0.15) is 0 Å². The highest BCUT2D eigenvalue weighted by Gasteiger charge is 2.52. The minimum atomic E-state index is -0.501. The maximum Gasteiger partial charge on any atom is 0.164 e. The van der Waals surface area contributed by atoms with Gasteiger partial charge in [0, 0.05) is 27.9 Å². The van der Waals surface area contributed by atoms with E-state index in [0.717, 1.165) is 33.5 Å². The fourth-order valence-electron chi connectivity index (χ4n) is 9.05. The number of anilines is 1. The Morgan fingerprint density at radius 1 is 0.333 bits per heavy atom. The fourth-order valence-corrected chi connectivity index (χ4v) is 9.05. The summed E-state index contributed by atoms with van der Waals surface area (Å²) < 4.78 is 0. The first-order valence-electron chi connectivity index (χ1n) is 18.3. The quantitative estimate of drug-likeness (QED) is 0.187. The van der Waals surface area contributed by atoms with Gasteiger partial charge in [0.05, 0.1) is 5.41 Å². The van der Waals surface area contributed by atoms with Crippen molar-refractivity contribution in [2.24, 2.45) is 0 Å². The number of aromatic nitrogens is 3. The van der Waals surface area contributed by atoms with Gasteiger partial charge in [0.2, 0.25) is 0 Å². The van der Waals surface area contributed by atoms with E-state index in [1.54, 1.807) is 0 Å². The summed E-state index contributed by atoms with van der Waals surface area (Å²) in [6.45, 7) is 0. The number of benzene rings is 8. The number of nitrogens with two attached hydrogens (primary N) is 1. The third-order valence-corrected chi connectivity index (χ3v) is 11.3. The van der Waals surface area contributed by atoms with Crippen LogP contribution in [0.5, 0.6) is 0 Å². The van der Waals surface area contributed by atoms with E-state index in [1.807, 2.05) is 66.7 Å². The average molecular weight is 689 g/mol. The Hall–Kier alpha value is -7.17. The molecule has 0 amide bonds. The Bertz CT molecular complexity index is 2880. The van der Waals surface area contributed by atoms with Crippen LogP contribution in [0.2, 0.25) is 0 Å². The van der Waals surface area contributed by atoms with Gasteiger partial charge in [-0.05, 0) is 73.0 Å². The molecule has 2 aliphatic carbocycles. The molecule has 4 heteroatoms. The zero-order valence-corrected chi connectivity index (χ0v) is 29.2. The second-order valence-electron chi connectivity index (χ2n) is 14.1. The largest absolute Gasteiger partial charge is 0.398 e. The van der Waals surface area contributed by atoms with Crippen LogP contribution in [0, 0.1) is 0 Å². The molecular weight excluding hydrogens is 657 g/mol. The molecule has 1 heterocycles. The minimum Gasteiger partial charge on any atom is -0.398 e. The second kappa shape index (κ2) is 11.7. The van der Waals surface area contributed by atoms with Crippen molar-refractivity contribution in [3.05, 3.63) is 204 Å². The predicted molar refractivity (Wildman–Crippen MR) is 220 cm³/mol. The molecule has 4 nitrogen and oxygen atoms in total. The lowest BCUT2D eigenvalue weighted by Crippen LogP contribution is -2.26. The summed E-state index contributed by atoms with van der Waals surface area (Å²) in [5, 5.41) is 2.46. The Morgan fingerprint density at radius 2 is 0.796 bits per heavy atom. The first-order valence-corrected chi connectivity index (χ1v) is 18.3. The summed E-state index contributed by atoms with van der Waals surface area (Å²) in [5.41, 5.74) is 22.3. The number of hydrogen-bond donors (Lipinski definition) is 1. The van der Waals surface area contributed by atoms with E-state index in [2.05, 4.69) is 115 Å². The fraction of sp³-hybridized carbons (Fsp3) is 0.0200. The third-order valence-electron chi connectivity index (χ3n) is 11.3.